The van der Waals surface area contributed by atoms with Gasteiger partial charge >= 0.3 is 6.18 Å². The molecule has 3 aromatic rings. The van der Waals surface area contributed by atoms with Crippen LogP contribution in [-0.2, 0) is 13.2 Å². The topological polar surface area (TPSA) is 59.8 Å². The summed E-state index contributed by atoms with van der Waals surface area (Å²) in [7, 11) is 1.33. The Morgan fingerprint density at radius 3 is 2.78 bits per heavy atom. The van der Waals surface area contributed by atoms with Crippen LogP contribution in [0.15, 0.2) is 42.7 Å². The lowest BCUT2D eigenvalue weighted by Gasteiger charge is -2.08. The van der Waals surface area contributed by atoms with Gasteiger partial charge in [-0.1, -0.05) is 6.07 Å². The number of hydrogen-bond donors (Lipinski definition) is 1. The van der Waals surface area contributed by atoms with Gasteiger partial charge in [-0.2, -0.15) is 18.3 Å². The summed E-state index contributed by atoms with van der Waals surface area (Å²) in [5.74, 6) is -0.867. The fraction of sp³-hybridized carbons (Fsp3) is 0.133. The number of aryl methyl sites for hydroxylation is 1. The van der Waals surface area contributed by atoms with E-state index >= 15 is 0 Å². The molecule has 0 saturated heterocycles. The molecule has 0 aliphatic rings. The monoisotopic (exact) mass is 320 g/mol. The third-order valence-electron chi connectivity index (χ3n) is 3.20. The molecule has 0 atom stereocenters. The SMILES string of the molecule is Cn1cc(C(=O)Nc2ccc3ncccc3c2)c(C(F)(F)F)n1. The van der Waals surface area contributed by atoms with Crippen LogP contribution in [-0.4, -0.2) is 20.7 Å². The van der Waals surface area contributed by atoms with Crippen molar-refractivity contribution in [3.8, 4) is 0 Å². The molecule has 0 unspecified atom stereocenters. The van der Waals surface area contributed by atoms with Crippen LogP contribution >= 0.6 is 0 Å². The van der Waals surface area contributed by atoms with E-state index in [4.69, 9.17) is 0 Å². The predicted octanol–water partition coefficient (Wildman–Crippen LogP) is 3.24. The minimum atomic E-state index is -4.69. The van der Waals surface area contributed by atoms with E-state index in [-0.39, 0.29) is 0 Å². The maximum absolute atomic E-state index is 12.9. The standard InChI is InChI=1S/C15H11F3N4O/c1-22-8-11(13(21-22)15(16,17)18)14(23)20-10-4-5-12-9(7-10)3-2-6-19-12/h2-8H,1H3,(H,20,23). The molecule has 2 aromatic heterocycles. The Kier molecular flexibility index (Phi) is 3.51. The Hall–Kier alpha value is -2.90. The van der Waals surface area contributed by atoms with Crippen molar-refractivity contribution in [2.75, 3.05) is 5.32 Å². The summed E-state index contributed by atoms with van der Waals surface area (Å²) in [6.07, 6.45) is -2.02. The van der Waals surface area contributed by atoms with Crippen molar-refractivity contribution in [3.63, 3.8) is 0 Å². The normalized spacial score (nSPS) is 11.7. The number of rotatable bonds is 2. The number of alkyl halides is 3. The highest BCUT2D eigenvalue weighted by molar-refractivity contribution is 6.05. The highest BCUT2D eigenvalue weighted by Gasteiger charge is 2.38. The van der Waals surface area contributed by atoms with Crippen LogP contribution in [0.4, 0.5) is 18.9 Å². The van der Waals surface area contributed by atoms with Crippen molar-refractivity contribution >= 4 is 22.5 Å². The maximum atomic E-state index is 12.9. The molecular formula is C15H11F3N4O. The number of anilines is 1. The van der Waals surface area contributed by atoms with Crippen molar-refractivity contribution in [1.29, 1.82) is 0 Å². The number of carbonyl (C=O) groups is 1. The van der Waals surface area contributed by atoms with Crippen molar-refractivity contribution < 1.29 is 18.0 Å². The second-order valence-electron chi connectivity index (χ2n) is 4.93. The van der Waals surface area contributed by atoms with E-state index in [0.717, 1.165) is 21.8 Å². The molecule has 0 fully saturated rings. The Morgan fingerprint density at radius 1 is 1.26 bits per heavy atom. The van der Waals surface area contributed by atoms with Gasteiger partial charge in [0.15, 0.2) is 5.69 Å². The Labute approximate surface area is 128 Å². The molecular weight excluding hydrogens is 309 g/mol. The van der Waals surface area contributed by atoms with Crippen LogP contribution < -0.4 is 5.32 Å². The van der Waals surface area contributed by atoms with E-state index in [2.05, 4.69) is 15.4 Å². The van der Waals surface area contributed by atoms with E-state index in [1.54, 1.807) is 36.5 Å². The molecule has 0 aliphatic carbocycles. The van der Waals surface area contributed by atoms with E-state index in [9.17, 15) is 18.0 Å². The summed E-state index contributed by atoms with van der Waals surface area (Å²) in [6, 6.07) is 8.43. The molecule has 0 saturated carbocycles. The predicted molar refractivity (Wildman–Crippen MR) is 77.9 cm³/mol. The second-order valence-corrected chi connectivity index (χ2v) is 4.93. The van der Waals surface area contributed by atoms with Crippen molar-refractivity contribution in [3.05, 3.63) is 54.0 Å². The van der Waals surface area contributed by atoms with Gasteiger partial charge in [0.2, 0.25) is 0 Å². The number of nitrogens with zero attached hydrogens (tertiary/aromatic N) is 3. The van der Waals surface area contributed by atoms with Gasteiger partial charge in [0.05, 0.1) is 11.1 Å². The first-order valence-corrected chi connectivity index (χ1v) is 6.61. The first-order valence-electron chi connectivity index (χ1n) is 6.61. The van der Waals surface area contributed by atoms with E-state index in [1.165, 1.54) is 7.05 Å². The molecule has 118 valence electrons. The van der Waals surface area contributed by atoms with E-state index in [0.29, 0.717) is 5.69 Å². The zero-order valence-electron chi connectivity index (χ0n) is 11.9. The van der Waals surface area contributed by atoms with Crippen LogP contribution in [0.2, 0.25) is 0 Å². The molecule has 8 heteroatoms. The van der Waals surface area contributed by atoms with Gasteiger partial charge in [-0.05, 0) is 24.3 Å². The highest BCUT2D eigenvalue weighted by atomic mass is 19.4. The minimum absolute atomic E-state index is 0.382. The van der Waals surface area contributed by atoms with Gasteiger partial charge < -0.3 is 5.32 Å². The number of carbonyl (C=O) groups excluding carboxylic acids is 1. The van der Waals surface area contributed by atoms with Crippen LogP contribution in [0.5, 0.6) is 0 Å². The number of pyridine rings is 1. The number of nitrogens with one attached hydrogen (secondary N) is 1. The van der Waals surface area contributed by atoms with Gasteiger partial charge in [0, 0.05) is 30.5 Å². The van der Waals surface area contributed by atoms with Crippen molar-refractivity contribution in [1.82, 2.24) is 14.8 Å². The van der Waals surface area contributed by atoms with E-state index < -0.39 is 23.3 Å². The Bertz CT molecular complexity index is 886. The molecule has 0 bridgehead atoms. The maximum Gasteiger partial charge on any atom is 0.435 e. The van der Waals surface area contributed by atoms with Crippen LogP contribution in [0.1, 0.15) is 16.1 Å². The molecule has 1 N–H and O–H groups in total. The number of fused-ring (bicyclic) bond motifs is 1. The lowest BCUT2D eigenvalue weighted by Crippen LogP contribution is -2.17. The third-order valence-corrected chi connectivity index (χ3v) is 3.20. The largest absolute Gasteiger partial charge is 0.435 e. The fourth-order valence-corrected chi connectivity index (χ4v) is 2.22. The Morgan fingerprint density at radius 2 is 2.04 bits per heavy atom. The summed E-state index contributed by atoms with van der Waals surface area (Å²) in [5.41, 5.74) is -0.624. The summed E-state index contributed by atoms with van der Waals surface area (Å²) in [6.45, 7) is 0. The number of halogens is 3. The summed E-state index contributed by atoms with van der Waals surface area (Å²) >= 11 is 0. The van der Waals surface area contributed by atoms with E-state index in [1.807, 2.05) is 0 Å². The second kappa shape index (κ2) is 5.38. The Balaban J connectivity index is 1.92. The summed E-state index contributed by atoms with van der Waals surface area (Å²) in [5, 5.41) is 6.54. The van der Waals surface area contributed by atoms with Crippen LogP contribution in [0, 0.1) is 0 Å². The van der Waals surface area contributed by atoms with Crippen molar-refractivity contribution in [2.45, 2.75) is 6.18 Å². The molecule has 1 amide bonds. The summed E-state index contributed by atoms with van der Waals surface area (Å²) < 4.78 is 39.7. The molecule has 3 rings (SSSR count). The van der Waals surface area contributed by atoms with Crippen molar-refractivity contribution in [2.24, 2.45) is 7.05 Å². The lowest BCUT2D eigenvalue weighted by atomic mass is 10.2. The fourth-order valence-electron chi connectivity index (χ4n) is 2.22. The molecule has 0 aliphatic heterocycles. The van der Waals surface area contributed by atoms with Gasteiger partial charge in [-0.3, -0.25) is 14.5 Å². The summed E-state index contributed by atoms with van der Waals surface area (Å²) in [4.78, 5) is 16.3. The molecule has 23 heavy (non-hydrogen) atoms. The molecule has 1 aromatic carbocycles. The van der Waals surface area contributed by atoms with Crippen LogP contribution in [0.3, 0.4) is 0 Å². The van der Waals surface area contributed by atoms with Gasteiger partial charge in [0.1, 0.15) is 0 Å². The van der Waals surface area contributed by atoms with Crippen LogP contribution in [0.25, 0.3) is 10.9 Å². The first kappa shape index (κ1) is 15.0. The van der Waals surface area contributed by atoms with Gasteiger partial charge in [0.25, 0.3) is 5.91 Å². The zero-order chi connectivity index (χ0) is 16.6. The zero-order valence-corrected chi connectivity index (χ0v) is 11.9. The average Bonchev–Trinajstić information content (AvgIpc) is 2.89. The number of amides is 1. The number of aromatic nitrogens is 3. The lowest BCUT2D eigenvalue weighted by molar-refractivity contribution is -0.141. The van der Waals surface area contributed by atoms with Gasteiger partial charge in [-0.25, -0.2) is 0 Å². The first-order chi connectivity index (χ1) is 10.8. The molecule has 0 radical (unpaired) electrons. The average molecular weight is 320 g/mol. The quantitative estimate of drug-likeness (QED) is 0.788. The third kappa shape index (κ3) is 3.01. The number of benzene rings is 1. The highest BCUT2D eigenvalue weighted by Crippen LogP contribution is 2.31. The molecule has 0 spiro atoms. The van der Waals surface area contributed by atoms with Gasteiger partial charge in [-0.15, -0.1) is 0 Å². The molecule has 5 nitrogen and oxygen atoms in total. The smallest absolute Gasteiger partial charge is 0.322 e. The number of hydrogen-bond acceptors (Lipinski definition) is 3. The molecule has 2 heterocycles. The minimum Gasteiger partial charge on any atom is -0.322 e.